The van der Waals surface area contributed by atoms with Crippen LogP contribution in [0.1, 0.15) is 33.4 Å². The molecule has 0 saturated heterocycles. The molecule has 0 unspecified atom stereocenters. The van der Waals surface area contributed by atoms with Crippen molar-refractivity contribution in [1.82, 2.24) is 0 Å². The molecule has 264 valence electrons. The topological polar surface area (TPSA) is 54.1 Å². The number of benzene rings is 8. The Labute approximate surface area is 328 Å². The Morgan fingerprint density at radius 1 is 0.304 bits per heavy atom. The summed E-state index contributed by atoms with van der Waals surface area (Å²) in [6.07, 6.45) is 7.99. The van der Waals surface area contributed by atoms with Gasteiger partial charge in [-0.1, -0.05) is 146 Å². The van der Waals surface area contributed by atoms with E-state index >= 15 is 0 Å². The Balaban J connectivity index is 1.03. The van der Waals surface area contributed by atoms with Gasteiger partial charge in [-0.2, -0.15) is 10.5 Å². The summed E-state index contributed by atoms with van der Waals surface area (Å²) in [5.41, 5.74) is 11.1. The van der Waals surface area contributed by atoms with Crippen LogP contribution in [-0.4, -0.2) is 0 Å². The maximum absolute atomic E-state index is 10.3. The number of rotatable bonds is 10. The maximum atomic E-state index is 10.3. The molecule has 0 N–H and O–H groups in total. The lowest BCUT2D eigenvalue weighted by molar-refractivity contribution is 1.28. The Morgan fingerprint density at radius 2 is 0.589 bits per heavy atom. The van der Waals surface area contributed by atoms with Gasteiger partial charge in [-0.3, -0.25) is 0 Å². The molecule has 8 rings (SSSR count). The standard InChI is InChI=1S/C52H36N4/c53-37-51-41(27-21-39-23-31-47(32-24-39)55(43-13-5-1-6-14-43)44-15-7-2-8-16-44)29-35-50-49(51)36-30-42(52(50)38-54)28-22-40-25-33-48(34-26-40)56(45-17-9-3-10-18-45)46-19-11-4-12-20-46/h1-36H/b27-21+,28-22+. The summed E-state index contributed by atoms with van der Waals surface area (Å²) >= 11 is 0. The van der Waals surface area contributed by atoms with Crippen molar-refractivity contribution in [1.29, 1.82) is 10.5 Å². The van der Waals surface area contributed by atoms with Crippen LogP contribution >= 0.6 is 0 Å². The highest BCUT2D eigenvalue weighted by molar-refractivity contribution is 5.98. The molecule has 0 aliphatic rings. The number of hydrogen-bond donors (Lipinski definition) is 0. The molecule has 0 saturated carbocycles. The maximum Gasteiger partial charge on any atom is 0.100 e. The highest BCUT2D eigenvalue weighted by Gasteiger charge is 2.14. The molecule has 0 atom stereocenters. The molecule has 0 aliphatic heterocycles. The van der Waals surface area contributed by atoms with Crippen molar-refractivity contribution < 1.29 is 0 Å². The zero-order chi connectivity index (χ0) is 38.1. The van der Waals surface area contributed by atoms with E-state index < -0.39 is 0 Å². The van der Waals surface area contributed by atoms with Crippen molar-refractivity contribution in [2.45, 2.75) is 0 Å². The van der Waals surface area contributed by atoms with Gasteiger partial charge >= 0.3 is 0 Å². The Hall–Kier alpha value is -7.92. The minimum Gasteiger partial charge on any atom is -0.311 e. The van der Waals surface area contributed by atoms with Gasteiger partial charge in [-0.15, -0.1) is 0 Å². The van der Waals surface area contributed by atoms with Crippen molar-refractivity contribution in [3.05, 3.63) is 228 Å². The fourth-order valence-corrected chi connectivity index (χ4v) is 7.01. The van der Waals surface area contributed by atoms with Crippen LogP contribution in [0.2, 0.25) is 0 Å². The predicted octanol–water partition coefficient (Wildman–Crippen LogP) is 13.9. The van der Waals surface area contributed by atoms with Crippen molar-refractivity contribution in [3.8, 4) is 12.1 Å². The first kappa shape index (κ1) is 35.1. The van der Waals surface area contributed by atoms with E-state index in [4.69, 9.17) is 0 Å². The molecule has 0 radical (unpaired) electrons. The van der Waals surface area contributed by atoms with E-state index in [2.05, 4.69) is 119 Å². The largest absolute Gasteiger partial charge is 0.311 e. The molecule has 8 aromatic rings. The average molecular weight is 717 g/mol. The van der Waals surface area contributed by atoms with Crippen molar-refractivity contribution in [2.24, 2.45) is 0 Å². The molecule has 0 bridgehead atoms. The number of nitrogens with zero attached hydrogens (tertiary/aromatic N) is 4. The predicted molar refractivity (Wildman–Crippen MR) is 233 cm³/mol. The van der Waals surface area contributed by atoms with Gasteiger partial charge in [0.15, 0.2) is 0 Å². The molecule has 0 aliphatic carbocycles. The number of hydrogen-bond acceptors (Lipinski definition) is 4. The van der Waals surface area contributed by atoms with Gasteiger partial charge < -0.3 is 9.80 Å². The molecule has 0 fully saturated rings. The van der Waals surface area contributed by atoms with E-state index in [1.165, 1.54) is 0 Å². The lowest BCUT2D eigenvalue weighted by atomic mass is 9.93. The van der Waals surface area contributed by atoms with Crippen LogP contribution in [0.4, 0.5) is 34.1 Å². The van der Waals surface area contributed by atoms with Crippen LogP contribution in [0.3, 0.4) is 0 Å². The molecule has 8 aromatic carbocycles. The van der Waals surface area contributed by atoms with Crippen LogP contribution in [0.15, 0.2) is 194 Å². The third kappa shape index (κ3) is 7.45. The highest BCUT2D eigenvalue weighted by Crippen LogP contribution is 2.36. The minimum absolute atomic E-state index is 0.540. The van der Waals surface area contributed by atoms with Gasteiger partial charge in [0.2, 0.25) is 0 Å². The van der Waals surface area contributed by atoms with Gasteiger partial charge in [0.1, 0.15) is 12.1 Å². The molecule has 0 heterocycles. The second-order valence-corrected chi connectivity index (χ2v) is 13.2. The summed E-state index contributed by atoms with van der Waals surface area (Å²) in [5, 5.41) is 22.2. The van der Waals surface area contributed by atoms with Gasteiger partial charge in [0.05, 0.1) is 11.1 Å². The molecular weight excluding hydrogens is 681 g/mol. The Kier molecular flexibility index (Phi) is 10.3. The monoisotopic (exact) mass is 716 g/mol. The molecule has 0 aromatic heterocycles. The van der Waals surface area contributed by atoms with Crippen molar-refractivity contribution >= 4 is 69.2 Å². The van der Waals surface area contributed by atoms with E-state index in [9.17, 15) is 10.5 Å². The average Bonchev–Trinajstić information content (AvgIpc) is 3.27. The molecule has 56 heavy (non-hydrogen) atoms. The van der Waals surface area contributed by atoms with E-state index in [0.29, 0.717) is 11.1 Å². The van der Waals surface area contributed by atoms with Gasteiger partial charge in [0, 0.05) is 44.9 Å². The first-order valence-electron chi connectivity index (χ1n) is 18.5. The van der Waals surface area contributed by atoms with Gasteiger partial charge in [-0.25, -0.2) is 0 Å². The summed E-state index contributed by atoms with van der Waals surface area (Å²) in [4.78, 5) is 4.45. The third-order valence-corrected chi connectivity index (χ3v) is 9.76. The van der Waals surface area contributed by atoms with E-state index in [1.54, 1.807) is 0 Å². The number of para-hydroxylation sites is 4. The molecule has 4 heteroatoms. The van der Waals surface area contributed by atoms with Crippen molar-refractivity contribution in [2.75, 3.05) is 9.80 Å². The van der Waals surface area contributed by atoms with E-state index in [0.717, 1.165) is 67.2 Å². The second-order valence-electron chi connectivity index (χ2n) is 13.2. The van der Waals surface area contributed by atoms with Crippen molar-refractivity contribution in [3.63, 3.8) is 0 Å². The van der Waals surface area contributed by atoms with E-state index in [-0.39, 0.29) is 0 Å². The molecule has 4 nitrogen and oxygen atoms in total. The molecule has 0 amide bonds. The fraction of sp³-hybridized carbons (Fsp3) is 0. The summed E-state index contributed by atoms with van der Waals surface area (Å²) in [6, 6.07) is 70.6. The van der Waals surface area contributed by atoms with Crippen LogP contribution in [0.5, 0.6) is 0 Å². The number of fused-ring (bicyclic) bond motifs is 1. The van der Waals surface area contributed by atoms with Crippen LogP contribution in [0.25, 0.3) is 35.1 Å². The smallest absolute Gasteiger partial charge is 0.100 e. The Morgan fingerprint density at radius 3 is 0.875 bits per heavy atom. The van der Waals surface area contributed by atoms with Gasteiger partial charge in [0.25, 0.3) is 0 Å². The summed E-state index contributed by atoms with van der Waals surface area (Å²) in [6.45, 7) is 0. The number of nitriles is 2. The molecule has 0 spiro atoms. The first-order valence-corrected chi connectivity index (χ1v) is 18.5. The lowest BCUT2D eigenvalue weighted by Gasteiger charge is -2.25. The van der Waals surface area contributed by atoms with Crippen LogP contribution in [-0.2, 0) is 0 Å². The van der Waals surface area contributed by atoms with Gasteiger partial charge in [-0.05, 0) is 95.1 Å². The zero-order valence-corrected chi connectivity index (χ0v) is 30.6. The zero-order valence-electron chi connectivity index (χ0n) is 30.6. The quantitative estimate of drug-likeness (QED) is 0.132. The molecular formula is C52H36N4. The summed E-state index contributed by atoms with van der Waals surface area (Å²) in [5.74, 6) is 0. The van der Waals surface area contributed by atoms with Crippen LogP contribution < -0.4 is 9.80 Å². The fourth-order valence-electron chi connectivity index (χ4n) is 7.01. The summed E-state index contributed by atoms with van der Waals surface area (Å²) < 4.78 is 0. The second kappa shape index (κ2) is 16.4. The van der Waals surface area contributed by atoms with Crippen LogP contribution in [0, 0.1) is 22.7 Å². The number of anilines is 6. The Bertz CT molecular complexity index is 2450. The highest BCUT2D eigenvalue weighted by atomic mass is 15.1. The minimum atomic E-state index is 0.540. The lowest BCUT2D eigenvalue weighted by Crippen LogP contribution is -2.09. The first-order chi connectivity index (χ1) is 27.7. The summed E-state index contributed by atoms with van der Waals surface area (Å²) in [7, 11) is 0. The SMILES string of the molecule is N#Cc1c(/C=C/c2ccc(N(c3ccccc3)c3ccccc3)cc2)ccc2c(C#N)c(/C=C/c3ccc(N(c4ccccc4)c4ccccc4)cc3)ccc12. The third-order valence-electron chi connectivity index (χ3n) is 9.76. The van der Waals surface area contributed by atoms with E-state index in [1.807, 2.05) is 121 Å². The normalized spacial score (nSPS) is 11.0.